The van der Waals surface area contributed by atoms with Crippen LogP contribution < -0.4 is 5.32 Å². The minimum atomic E-state index is 0.282. The quantitative estimate of drug-likeness (QED) is 0.936. The van der Waals surface area contributed by atoms with E-state index < -0.39 is 0 Å². The summed E-state index contributed by atoms with van der Waals surface area (Å²) in [7, 11) is 4.00. The second-order valence-corrected chi connectivity index (χ2v) is 5.72. The third-order valence-electron chi connectivity index (χ3n) is 3.46. The SMILES string of the molecule is CNC(Cc1cc(C)nn1C)c1cccc(C)c1Br. The fraction of sp³-hybridized carbons (Fsp3) is 0.400. The summed E-state index contributed by atoms with van der Waals surface area (Å²) in [6, 6.07) is 8.82. The van der Waals surface area contributed by atoms with Gasteiger partial charge in [-0.25, -0.2) is 0 Å². The highest BCUT2D eigenvalue weighted by atomic mass is 79.9. The van der Waals surface area contributed by atoms with Crippen LogP contribution in [0.2, 0.25) is 0 Å². The maximum Gasteiger partial charge on any atom is 0.0596 e. The molecule has 102 valence electrons. The molecule has 2 aromatic rings. The van der Waals surface area contributed by atoms with Crippen molar-refractivity contribution in [3.8, 4) is 0 Å². The first kappa shape index (κ1) is 14.3. The highest BCUT2D eigenvalue weighted by Gasteiger charge is 2.16. The van der Waals surface area contributed by atoms with Crippen LogP contribution in [-0.2, 0) is 13.5 Å². The fourth-order valence-electron chi connectivity index (χ4n) is 2.37. The molecule has 3 nitrogen and oxygen atoms in total. The number of likely N-dealkylation sites (N-methyl/N-ethyl adjacent to an activating group) is 1. The van der Waals surface area contributed by atoms with Gasteiger partial charge < -0.3 is 5.32 Å². The summed E-state index contributed by atoms with van der Waals surface area (Å²) in [5.41, 5.74) is 4.86. The van der Waals surface area contributed by atoms with Gasteiger partial charge in [0.15, 0.2) is 0 Å². The molecule has 0 aliphatic rings. The lowest BCUT2D eigenvalue weighted by Gasteiger charge is -2.19. The van der Waals surface area contributed by atoms with Crippen molar-refractivity contribution in [1.82, 2.24) is 15.1 Å². The molecule has 0 fully saturated rings. The minimum absolute atomic E-state index is 0.282. The van der Waals surface area contributed by atoms with Gasteiger partial charge in [0, 0.05) is 29.7 Å². The van der Waals surface area contributed by atoms with Gasteiger partial charge in [-0.3, -0.25) is 4.68 Å². The van der Waals surface area contributed by atoms with E-state index in [-0.39, 0.29) is 6.04 Å². The molecule has 0 saturated carbocycles. The molecular formula is C15H20BrN3. The number of rotatable bonds is 4. The highest BCUT2D eigenvalue weighted by molar-refractivity contribution is 9.10. The van der Waals surface area contributed by atoms with Crippen LogP contribution in [0, 0.1) is 13.8 Å². The van der Waals surface area contributed by atoms with Crippen molar-refractivity contribution in [1.29, 1.82) is 0 Å². The number of hydrogen-bond acceptors (Lipinski definition) is 2. The molecule has 4 heteroatoms. The number of hydrogen-bond donors (Lipinski definition) is 1. The van der Waals surface area contributed by atoms with E-state index in [2.05, 4.69) is 57.5 Å². The van der Waals surface area contributed by atoms with Gasteiger partial charge >= 0.3 is 0 Å². The van der Waals surface area contributed by atoms with Crippen molar-refractivity contribution in [2.75, 3.05) is 7.05 Å². The van der Waals surface area contributed by atoms with Gasteiger partial charge in [-0.2, -0.15) is 5.10 Å². The van der Waals surface area contributed by atoms with Crippen LogP contribution in [0.1, 0.15) is 28.6 Å². The molecule has 1 atom stereocenters. The first-order chi connectivity index (χ1) is 9.02. The zero-order valence-electron chi connectivity index (χ0n) is 11.9. The van der Waals surface area contributed by atoms with Gasteiger partial charge in [0.05, 0.1) is 5.69 Å². The van der Waals surface area contributed by atoms with E-state index in [1.165, 1.54) is 21.3 Å². The van der Waals surface area contributed by atoms with E-state index in [1.807, 2.05) is 25.7 Å². The van der Waals surface area contributed by atoms with Crippen LogP contribution in [0.25, 0.3) is 0 Å². The number of aromatic nitrogens is 2. The normalized spacial score (nSPS) is 12.7. The zero-order chi connectivity index (χ0) is 14.0. The Labute approximate surface area is 123 Å². The third kappa shape index (κ3) is 3.07. The summed E-state index contributed by atoms with van der Waals surface area (Å²) in [5.74, 6) is 0. The Morgan fingerprint density at radius 1 is 1.37 bits per heavy atom. The number of halogens is 1. The lowest BCUT2D eigenvalue weighted by molar-refractivity contribution is 0.559. The number of benzene rings is 1. The predicted molar refractivity (Wildman–Crippen MR) is 82.3 cm³/mol. The highest BCUT2D eigenvalue weighted by Crippen LogP contribution is 2.28. The van der Waals surface area contributed by atoms with Crippen molar-refractivity contribution in [2.45, 2.75) is 26.3 Å². The predicted octanol–water partition coefficient (Wildman–Crippen LogP) is 3.30. The van der Waals surface area contributed by atoms with Gasteiger partial charge in [-0.15, -0.1) is 0 Å². The fourth-order valence-corrected chi connectivity index (χ4v) is 2.91. The molecule has 2 rings (SSSR count). The molecule has 1 aromatic heterocycles. The molecule has 0 bridgehead atoms. The van der Waals surface area contributed by atoms with Crippen molar-refractivity contribution in [3.63, 3.8) is 0 Å². The standard InChI is InChI=1S/C15H20BrN3/c1-10-6-5-7-13(15(10)16)14(17-3)9-12-8-11(2)18-19(12)4/h5-8,14,17H,9H2,1-4H3. The first-order valence-corrected chi connectivity index (χ1v) is 7.24. The monoisotopic (exact) mass is 321 g/mol. The van der Waals surface area contributed by atoms with Gasteiger partial charge in [0.2, 0.25) is 0 Å². The van der Waals surface area contributed by atoms with Crippen LogP contribution in [0.5, 0.6) is 0 Å². The lowest BCUT2D eigenvalue weighted by atomic mass is 10.00. The summed E-state index contributed by atoms with van der Waals surface area (Å²) < 4.78 is 3.15. The molecule has 0 spiro atoms. The molecule has 0 aliphatic carbocycles. The summed E-state index contributed by atoms with van der Waals surface area (Å²) in [6.07, 6.45) is 0.926. The molecule has 0 saturated heterocycles. The molecule has 1 unspecified atom stereocenters. The van der Waals surface area contributed by atoms with Gasteiger partial charge in [0.25, 0.3) is 0 Å². The maximum atomic E-state index is 4.41. The van der Waals surface area contributed by atoms with Crippen molar-refractivity contribution < 1.29 is 0 Å². The van der Waals surface area contributed by atoms with E-state index in [0.29, 0.717) is 0 Å². The maximum absolute atomic E-state index is 4.41. The number of aryl methyl sites for hydroxylation is 3. The van der Waals surface area contributed by atoms with E-state index in [0.717, 1.165) is 12.1 Å². The lowest BCUT2D eigenvalue weighted by Crippen LogP contribution is -2.20. The van der Waals surface area contributed by atoms with Crippen molar-refractivity contribution in [3.05, 3.63) is 51.3 Å². The van der Waals surface area contributed by atoms with Gasteiger partial charge in [-0.05, 0) is 38.1 Å². The summed E-state index contributed by atoms with van der Waals surface area (Å²) >= 11 is 3.70. The molecule has 1 heterocycles. The van der Waals surface area contributed by atoms with Crippen LogP contribution in [0.15, 0.2) is 28.7 Å². The third-order valence-corrected chi connectivity index (χ3v) is 4.54. The topological polar surface area (TPSA) is 29.9 Å². The molecule has 1 aromatic carbocycles. The molecule has 19 heavy (non-hydrogen) atoms. The van der Waals surface area contributed by atoms with E-state index >= 15 is 0 Å². The average Bonchev–Trinajstić information content (AvgIpc) is 2.68. The summed E-state index contributed by atoms with van der Waals surface area (Å²) in [5, 5.41) is 7.81. The van der Waals surface area contributed by atoms with E-state index in [1.54, 1.807) is 0 Å². The molecule has 0 aliphatic heterocycles. The van der Waals surface area contributed by atoms with Crippen LogP contribution in [0.4, 0.5) is 0 Å². The van der Waals surface area contributed by atoms with Crippen LogP contribution in [0.3, 0.4) is 0 Å². The number of nitrogens with zero attached hydrogens (tertiary/aromatic N) is 2. The Bertz CT molecular complexity index is 575. The van der Waals surface area contributed by atoms with Gasteiger partial charge in [0.1, 0.15) is 0 Å². The Kier molecular flexibility index (Phi) is 4.42. The zero-order valence-corrected chi connectivity index (χ0v) is 13.5. The largest absolute Gasteiger partial charge is 0.313 e. The van der Waals surface area contributed by atoms with Crippen LogP contribution >= 0.6 is 15.9 Å². The second-order valence-electron chi connectivity index (χ2n) is 4.92. The Morgan fingerprint density at radius 3 is 2.68 bits per heavy atom. The molecule has 0 amide bonds. The van der Waals surface area contributed by atoms with Gasteiger partial charge in [-0.1, -0.05) is 34.1 Å². The second kappa shape index (κ2) is 5.88. The summed E-state index contributed by atoms with van der Waals surface area (Å²) in [6.45, 7) is 4.15. The molecular weight excluding hydrogens is 302 g/mol. The molecule has 1 N–H and O–H groups in total. The minimum Gasteiger partial charge on any atom is -0.313 e. The van der Waals surface area contributed by atoms with Crippen LogP contribution in [-0.4, -0.2) is 16.8 Å². The Balaban J connectivity index is 2.30. The number of nitrogens with one attached hydrogen (secondary N) is 1. The summed E-state index contributed by atoms with van der Waals surface area (Å²) in [4.78, 5) is 0. The molecule has 0 radical (unpaired) electrons. The van der Waals surface area contributed by atoms with Crippen molar-refractivity contribution >= 4 is 15.9 Å². The average molecular weight is 322 g/mol. The van der Waals surface area contributed by atoms with E-state index in [4.69, 9.17) is 0 Å². The smallest absolute Gasteiger partial charge is 0.0596 e. The Morgan fingerprint density at radius 2 is 2.11 bits per heavy atom. The van der Waals surface area contributed by atoms with E-state index in [9.17, 15) is 0 Å². The van der Waals surface area contributed by atoms with Crippen molar-refractivity contribution in [2.24, 2.45) is 7.05 Å². The first-order valence-electron chi connectivity index (χ1n) is 6.44. The Hall–Kier alpha value is -1.13.